The Morgan fingerprint density at radius 1 is 1.18 bits per heavy atom. The van der Waals surface area contributed by atoms with E-state index in [-0.39, 0.29) is 17.8 Å². The van der Waals surface area contributed by atoms with Gasteiger partial charge in [0.2, 0.25) is 5.91 Å². The summed E-state index contributed by atoms with van der Waals surface area (Å²) in [5.41, 5.74) is 2.30. The molecular weight excluding hydrogens is 375 g/mol. The predicted octanol–water partition coefficient (Wildman–Crippen LogP) is 3.92. The Bertz CT molecular complexity index is 1030. The van der Waals surface area contributed by atoms with Gasteiger partial charge in [-0.25, -0.2) is 14.4 Å². The second-order valence-electron chi connectivity index (χ2n) is 7.49. The zero-order valence-electron chi connectivity index (χ0n) is 15.4. The topological polar surface area (TPSA) is 58.1 Å². The number of amides is 1. The maximum absolute atomic E-state index is 13.1. The molecule has 2 aliphatic rings. The smallest absolute Gasteiger partial charge is 0.245 e. The van der Waals surface area contributed by atoms with Gasteiger partial charge in [0.15, 0.2) is 0 Å². The Morgan fingerprint density at radius 3 is 2.86 bits per heavy atom. The average Bonchev–Trinajstić information content (AvgIpc) is 3.25. The van der Waals surface area contributed by atoms with Crippen LogP contribution < -0.4 is 5.32 Å². The zero-order valence-corrected chi connectivity index (χ0v) is 16.3. The van der Waals surface area contributed by atoms with Crippen molar-refractivity contribution >= 4 is 33.3 Å². The number of carbonyl (C=O) groups excluding carboxylic acids is 1. The van der Waals surface area contributed by atoms with Crippen molar-refractivity contribution in [3.8, 4) is 0 Å². The molecule has 3 aromatic rings. The first-order chi connectivity index (χ1) is 13.7. The fourth-order valence-corrected chi connectivity index (χ4v) is 5.43. The molecule has 0 radical (unpaired) electrons. The van der Waals surface area contributed by atoms with Crippen LogP contribution in [0.15, 0.2) is 30.6 Å². The van der Waals surface area contributed by atoms with E-state index in [1.165, 1.54) is 35.4 Å². The van der Waals surface area contributed by atoms with E-state index < -0.39 is 0 Å². The van der Waals surface area contributed by atoms with Gasteiger partial charge in [-0.15, -0.1) is 11.3 Å². The Balaban J connectivity index is 1.36. The number of halogens is 1. The number of aryl methyl sites for hydroxylation is 2. The standard InChI is InChI=1S/C21H21FN4OS/c22-14-7-5-13(6-8-14)11-26-10-9-16(21(26)27)25-19-18-15-3-1-2-4-17(15)28-20(18)24-12-23-19/h5-8,12,16H,1-4,9-11H2,(H,23,24,25). The Kier molecular flexibility index (Phi) is 4.47. The van der Waals surface area contributed by atoms with Crippen molar-refractivity contribution in [2.45, 2.75) is 44.7 Å². The highest BCUT2D eigenvalue weighted by Crippen LogP contribution is 2.38. The molecule has 3 heterocycles. The number of hydrogen-bond donors (Lipinski definition) is 1. The van der Waals surface area contributed by atoms with Gasteiger partial charge in [-0.05, 0) is 55.4 Å². The van der Waals surface area contributed by atoms with Gasteiger partial charge in [0.1, 0.15) is 28.8 Å². The molecule has 7 heteroatoms. The number of nitrogens with zero attached hydrogens (tertiary/aromatic N) is 3. The van der Waals surface area contributed by atoms with Crippen molar-refractivity contribution in [1.82, 2.24) is 14.9 Å². The highest BCUT2D eigenvalue weighted by atomic mass is 32.1. The van der Waals surface area contributed by atoms with Crippen molar-refractivity contribution in [2.24, 2.45) is 0 Å². The largest absolute Gasteiger partial charge is 0.358 e. The Labute approximate surface area is 166 Å². The number of thiophene rings is 1. The number of benzene rings is 1. The molecule has 1 fully saturated rings. The van der Waals surface area contributed by atoms with Crippen LogP contribution in [-0.4, -0.2) is 33.4 Å². The van der Waals surface area contributed by atoms with Gasteiger partial charge in [0.25, 0.3) is 0 Å². The first kappa shape index (κ1) is 17.6. The maximum Gasteiger partial charge on any atom is 0.245 e. The van der Waals surface area contributed by atoms with Gasteiger partial charge in [0.05, 0.1) is 5.39 Å². The van der Waals surface area contributed by atoms with Crippen molar-refractivity contribution in [3.63, 3.8) is 0 Å². The van der Waals surface area contributed by atoms with E-state index in [0.29, 0.717) is 13.1 Å². The summed E-state index contributed by atoms with van der Waals surface area (Å²) in [6.07, 6.45) is 6.92. The average molecular weight is 396 g/mol. The minimum atomic E-state index is -0.280. The molecule has 1 unspecified atom stereocenters. The van der Waals surface area contributed by atoms with Crippen molar-refractivity contribution < 1.29 is 9.18 Å². The monoisotopic (exact) mass is 396 g/mol. The van der Waals surface area contributed by atoms with Crippen LogP contribution in [0.1, 0.15) is 35.3 Å². The molecule has 1 aromatic carbocycles. The lowest BCUT2D eigenvalue weighted by atomic mass is 9.97. The number of carbonyl (C=O) groups is 1. The first-order valence-electron chi connectivity index (χ1n) is 9.74. The molecule has 5 rings (SSSR count). The summed E-state index contributed by atoms with van der Waals surface area (Å²) in [5.74, 6) is 0.592. The van der Waals surface area contributed by atoms with E-state index in [9.17, 15) is 9.18 Å². The van der Waals surface area contributed by atoms with Gasteiger partial charge in [-0.2, -0.15) is 0 Å². The first-order valence-corrected chi connectivity index (χ1v) is 10.6. The molecule has 0 spiro atoms. The van der Waals surface area contributed by atoms with E-state index in [2.05, 4.69) is 15.3 Å². The van der Waals surface area contributed by atoms with Gasteiger partial charge >= 0.3 is 0 Å². The van der Waals surface area contributed by atoms with Crippen LogP contribution in [0.5, 0.6) is 0 Å². The van der Waals surface area contributed by atoms with Gasteiger partial charge in [-0.3, -0.25) is 4.79 Å². The second kappa shape index (κ2) is 7.13. The van der Waals surface area contributed by atoms with Crippen LogP contribution in [0.2, 0.25) is 0 Å². The number of fused-ring (bicyclic) bond motifs is 3. The van der Waals surface area contributed by atoms with E-state index in [4.69, 9.17) is 0 Å². The number of anilines is 1. The highest BCUT2D eigenvalue weighted by molar-refractivity contribution is 7.19. The van der Waals surface area contributed by atoms with Crippen LogP contribution in [0.4, 0.5) is 10.2 Å². The third-order valence-corrected chi connectivity index (χ3v) is 6.85. The third kappa shape index (κ3) is 3.13. The fourth-order valence-electron chi connectivity index (χ4n) is 4.20. The summed E-state index contributed by atoms with van der Waals surface area (Å²) in [6.45, 7) is 1.19. The molecule has 1 aliphatic carbocycles. The summed E-state index contributed by atoms with van der Waals surface area (Å²) in [7, 11) is 0. The van der Waals surface area contributed by atoms with E-state index in [1.807, 2.05) is 4.90 Å². The van der Waals surface area contributed by atoms with Crippen LogP contribution in [-0.2, 0) is 24.2 Å². The molecule has 1 aliphatic heterocycles. The summed E-state index contributed by atoms with van der Waals surface area (Å²) in [4.78, 5) is 26.1. The van der Waals surface area contributed by atoms with Crippen molar-refractivity contribution in [3.05, 3.63) is 52.4 Å². The molecule has 0 saturated carbocycles. The normalized spacial score (nSPS) is 19.2. The summed E-state index contributed by atoms with van der Waals surface area (Å²) in [5, 5.41) is 4.50. The third-order valence-electron chi connectivity index (χ3n) is 5.65. The molecule has 1 N–H and O–H groups in total. The number of aromatic nitrogens is 2. The Hall–Kier alpha value is -2.54. The number of likely N-dealkylation sites (tertiary alicyclic amines) is 1. The van der Waals surface area contributed by atoms with Crippen LogP contribution in [0.25, 0.3) is 10.2 Å². The van der Waals surface area contributed by atoms with Crippen molar-refractivity contribution in [1.29, 1.82) is 0 Å². The SMILES string of the molecule is O=C1C(Nc2ncnc3sc4c(c23)CCCC4)CCN1Cc1ccc(F)cc1. The maximum atomic E-state index is 13.1. The quantitative estimate of drug-likeness (QED) is 0.726. The molecule has 0 bridgehead atoms. The summed E-state index contributed by atoms with van der Waals surface area (Å²) in [6, 6.07) is 6.05. The van der Waals surface area contributed by atoms with E-state index >= 15 is 0 Å². The fraction of sp³-hybridized carbons (Fsp3) is 0.381. The van der Waals surface area contributed by atoms with Gasteiger partial charge in [0, 0.05) is 18.0 Å². The lowest BCUT2D eigenvalue weighted by Gasteiger charge is -2.18. The minimum absolute atomic E-state index is 0.0696. The lowest BCUT2D eigenvalue weighted by Crippen LogP contribution is -2.33. The van der Waals surface area contributed by atoms with E-state index in [1.54, 1.807) is 29.8 Å². The minimum Gasteiger partial charge on any atom is -0.358 e. The highest BCUT2D eigenvalue weighted by Gasteiger charge is 2.32. The number of rotatable bonds is 4. The van der Waals surface area contributed by atoms with Gasteiger partial charge < -0.3 is 10.2 Å². The Morgan fingerprint density at radius 2 is 2.00 bits per heavy atom. The molecule has 1 saturated heterocycles. The molecule has 1 amide bonds. The zero-order chi connectivity index (χ0) is 19.1. The molecule has 1 atom stereocenters. The second-order valence-corrected chi connectivity index (χ2v) is 8.57. The molecular formula is C21H21FN4OS. The van der Waals surface area contributed by atoms with Gasteiger partial charge in [-0.1, -0.05) is 12.1 Å². The molecule has 144 valence electrons. The van der Waals surface area contributed by atoms with Crippen LogP contribution in [0, 0.1) is 5.82 Å². The molecule has 5 nitrogen and oxygen atoms in total. The van der Waals surface area contributed by atoms with Crippen molar-refractivity contribution in [2.75, 3.05) is 11.9 Å². The molecule has 2 aromatic heterocycles. The lowest BCUT2D eigenvalue weighted by molar-refractivity contribution is -0.128. The number of hydrogen-bond acceptors (Lipinski definition) is 5. The molecule has 28 heavy (non-hydrogen) atoms. The summed E-state index contributed by atoms with van der Waals surface area (Å²) >= 11 is 1.76. The predicted molar refractivity (Wildman–Crippen MR) is 108 cm³/mol. The number of nitrogens with one attached hydrogen (secondary N) is 1. The van der Waals surface area contributed by atoms with Crippen LogP contribution >= 0.6 is 11.3 Å². The van der Waals surface area contributed by atoms with Crippen LogP contribution in [0.3, 0.4) is 0 Å². The summed E-state index contributed by atoms with van der Waals surface area (Å²) < 4.78 is 13.1. The van der Waals surface area contributed by atoms with E-state index in [0.717, 1.165) is 40.9 Å².